The largest absolute Gasteiger partial charge is 0.307 e. The molecule has 6 heteroatoms. The van der Waals surface area contributed by atoms with E-state index in [-0.39, 0.29) is 18.0 Å². The summed E-state index contributed by atoms with van der Waals surface area (Å²) in [6.07, 6.45) is 2.38. The van der Waals surface area contributed by atoms with Crippen LogP contribution < -0.4 is 0 Å². The quantitative estimate of drug-likeness (QED) is 0.418. The van der Waals surface area contributed by atoms with Crippen molar-refractivity contribution < 1.29 is 9.72 Å². The molecule has 0 saturated heterocycles. The highest BCUT2D eigenvalue weighted by Crippen LogP contribution is 2.16. The van der Waals surface area contributed by atoms with Crippen molar-refractivity contribution in [2.75, 3.05) is 0 Å². The minimum atomic E-state index is -0.538. The highest BCUT2D eigenvalue weighted by molar-refractivity contribution is 5.99. The van der Waals surface area contributed by atoms with Gasteiger partial charge in [-0.2, -0.15) is 5.10 Å². The van der Waals surface area contributed by atoms with Gasteiger partial charge in [0, 0.05) is 5.56 Å². The van der Waals surface area contributed by atoms with E-state index in [0.29, 0.717) is 5.56 Å². The van der Waals surface area contributed by atoms with Crippen LogP contribution in [0, 0.1) is 10.1 Å². The van der Waals surface area contributed by atoms with Crippen LogP contribution in [-0.4, -0.2) is 20.5 Å². The van der Waals surface area contributed by atoms with Crippen LogP contribution in [0.25, 0.3) is 10.8 Å². The Hall–Kier alpha value is -3.02. The first-order chi connectivity index (χ1) is 10.1. The van der Waals surface area contributed by atoms with Crippen LogP contribution in [0.4, 0.5) is 5.69 Å². The molecule has 0 aliphatic carbocycles. The molecule has 0 aliphatic heterocycles. The Morgan fingerprint density at radius 1 is 1.19 bits per heavy atom. The molecule has 6 nitrogen and oxygen atoms in total. The zero-order valence-corrected chi connectivity index (χ0v) is 11.0. The third-order valence-electron chi connectivity index (χ3n) is 3.21. The van der Waals surface area contributed by atoms with Crippen molar-refractivity contribution in [3.8, 4) is 0 Å². The number of ketones is 1. The molecule has 0 atom stereocenters. The van der Waals surface area contributed by atoms with Gasteiger partial charge in [-0.3, -0.25) is 19.6 Å². The fraction of sp³-hybridized carbons (Fsp3) is 0.0667. The minimum absolute atomic E-state index is 0.0216. The molecule has 0 N–H and O–H groups in total. The van der Waals surface area contributed by atoms with E-state index >= 15 is 0 Å². The van der Waals surface area contributed by atoms with Crippen molar-refractivity contribution in [2.45, 2.75) is 6.54 Å². The molecule has 1 aromatic heterocycles. The molecule has 21 heavy (non-hydrogen) atoms. The van der Waals surface area contributed by atoms with Gasteiger partial charge in [0.25, 0.3) is 0 Å². The van der Waals surface area contributed by atoms with Gasteiger partial charge in [-0.1, -0.05) is 36.4 Å². The Morgan fingerprint density at radius 2 is 1.95 bits per heavy atom. The SMILES string of the molecule is O=C(Cn1cc([N+](=O)[O-])cn1)c1ccc2ccccc2c1. The van der Waals surface area contributed by atoms with Crippen molar-refractivity contribution in [3.63, 3.8) is 0 Å². The summed E-state index contributed by atoms with van der Waals surface area (Å²) in [6.45, 7) is -0.0216. The van der Waals surface area contributed by atoms with Crippen molar-refractivity contribution in [2.24, 2.45) is 0 Å². The zero-order chi connectivity index (χ0) is 14.8. The van der Waals surface area contributed by atoms with Crippen LogP contribution >= 0.6 is 0 Å². The van der Waals surface area contributed by atoms with Gasteiger partial charge in [0.15, 0.2) is 5.78 Å². The van der Waals surface area contributed by atoms with Crippen LogP contribution in [0.15, 0.2) is 54.9 Å². The van der Waals surface area contributed by atoms with E-state index < -0.39 is 4.92 Å². The summed E-state index contributed by atoms with van der Waals surface area (Å²) in [5.74, 6) is -0.140. The molecule has 104 valence electrons. The van der Waals surface area contributed by atoms with Crippen LogP contribution in [-0.2, 0) is 6.54 Å². The molecule has 0 unspecified atom stereocenters. The monoisotopic (exact) mass is 281 g/mol. The number of carbonyl (C=O) groups excluding carboxylic acids is 1. The lowest BCUT2D eigenvalue weighted by Crippen LogP contribution is -2.10. The first kappa shape index (κ1) is 13.0. The second-order valence-corrected chi connectivity index (χ2v) is 4.64. The highest BCUT2D eigenvalue weighted by Gasteiger charge is 2.12. The van der Waals surface area contributed by atoms with Crippen LogP contribution in [0.3, 0.4) is 0 Å². The van der Waals surface area contributed by atoms with Gasteiger partial charge < -0.3 is 0 Å². The van der Waals surface area contributed by atoms with Crippen molar-refractivity contribution in [1.29, 1.82) is 0 Å². The highest BCUT2D eigenvalue weighted by atomic mass is 16.6. The summed E-state index contributed by atoms with van der Waals surface area (Å²) in [5, 5.41) is 16.4. The maximum atomic E-state index is 12.2. The molecule has 0 fully saturated rings. The Labute approximate surface area is 119 Å². The van der Waals surface area contributed by atoms with Crippen LogP contribution in [0.5, 0.6) is 0 Å². The number of benzene rings is 2. The van der Waals surface area contributed by atoms with E-state index in [1.807, 2.05) is 36.4 Å². The molecule has 0 aliphatic rings. The predicted molar refractivity (Wildman–Crippen MR) is 77.2 cm³/mol. The normalized spacial score (nSPS) is 10.7. The van der Waals surface area contributed by atoms with Gasteiger partial charge in [-0.15, -0.1) is 0 Å². The first-order valence-corrected chi connectivity index (χ1v) is 6.32. The summed E-state index contributed by atoms with van der Waals surface area (Å²) < 4.78 is 1.27. The smallest absolute Gasteiger partial charge is 0.292 e. The lowest BCUT2D eigenvalue weighted by molar-refractivity contribution is -0.385. The summed E-state index contributed by atoms with van der Waals surface area (Å²) in [4.78, 5) is 22.3. The molecule has 2 aromatic carbocycles. The fourth-order valence-electron chi connectivity index (χ4n) is 2.13. The number of nitro groups is 1. The van der Waals surface area contributed by atoms with E-state index in [1.54, 1.807) is 6.07 Å². The maximum Gasteiger partial charge on any atom is 0.307 e. The third kappa shape index (κ3) is 2.64. The number of Topliss-reactive ketones (excluding diaryl/α,β-unsaturated/α-hetero) is 1. The Bertz CT molecular complexity index is 839. The molecular formula is C15H11N3O3. The third-order valence-corrected chi connectivity index (χ3v) is 3.21. The molecular weight excluding hydrogens is 270 g/mol. The van der Waals surface area contributed by atoms with Gasteiger partial charge in [-0.25, -0.2) is 0 Å². The van der Waals surface area contributed by atoms with E-state index in [9.17, 15) is 14.9 Å². The van der Waals surface area contributed by atoms with E-state index in [2.05, 4.69) is 5.10 Å². The summed E-state index contributed by atoms with van der Waals surface area (Å²) in [5.41, 5.74) is 0.438. The van der Waals surface area contributed by atoms with Gasteiger partial charge in [0.05, 0.1) is 4.92 Å². The minimum Gasteiger partial charge on any atom is -0.292 e. The number of fused-ring (bicyclic) bond motifs is 1. The number of nitrogens with zero attached hydrogens (tertiary/aromatic N) is 3. The Morgan fingerprint density at radius 3 is 2.67 bits per heavy atom. The van der Waals surface area contributed by atoms with Crippen molar-refractivity contribution >= 4 is 22.2 Å². The second-order valence-electron chi connectivity index (χ2n) is 4.64. The average molecular weight is 281 g/mol. The topological polar surface area (TPSA) is 78.0 Å². The van der Waals surface area contributed by atoms with Gasteiger partial charge in [0.1, 0.15) is 18.9 Å². The Kier molecular flexibility index (Phi) is 3.19. The number of hydrogen-bond acceptors (Lipinski definition) is 4. The van der Waals surface area contributed by atoms with E-state index in [1.165, 1.54) is 10.9 Å². The molecule has 1 heterocycles. The Balaban J connectivity index is 1.84. The van der Waals surface area contributed by atoms with Gasteiger partial charge >= 0.3 is 5.69 Å². The lowest BCUT2D eigenvalue weighted by Gasteiger charge is -2.03. The standard InChI is InChI=1S/C15H11N3O3/c19-15(10-17-9-14(8-16-17)18(20)21)13-6-5-11-3-1-2-4-12(11)7-13/h1-9H,10H2. The molecule has 3 rings (SSSR count). The van der Waals surface area contributed by atoms with Gasteiger partial charge in [0.2, 0.25) is 0 Å². The van der Waals surface area contributed by atoms with Crippen molar-refractivity contribution in [1.82, 2.24) is 9.78 Å². The molecule has 0 bridgehead atoms. The number of aromatic nitrogens is 2. The van der Waals surface area contributed by atoms with Gasteiger partial charge in [-0.05, 0) is 16.8 Å². The van der Waals surface area contributed by atoms with Crippen LogP contribution in [0.1, 0.15) is 10.4 Å². The molecule has 0 saturated carbocycles. The summed E-state index contributed by atoms with van der Waals surface area (Å²) in [6, 6.07) is 13.2. The number of carbonyl (C=O) groups is 1. The van der Waals surface area contributed by atoms with Crippen molar-refractivity contribution in [3.05, 3.63) is 70.5 Å². The maximum absolute atomic E-state index is 12.2. The second kappa shape index (κ2) is 5.16. The summed E-state index contributed by atoms with van der Waals surface area (Å²) in [7, 11) is 0. The average Bonchev–Trinajstić information content (AvgIpc) is 2.95. The number of hydrogen-bond donors (Lipinski definition) is 0. The van der Waals surface area contributed by atoms with E-state index in [0.717, 1.165) is 17.0 Å². The predicted octanol–water partition coefficient (Wildman–Crippen LogP) is 2.83. The van der Waals surface area contributed by atoms with E-state index in [4.69, 9.17) is 0 Å². The lowest BCUT2D eigenvalue weighted by atomic mass is 10.0. The fourth-order valence-corrected chi connectivity index (χ4v) is 2.13. The van der Waals surface area contributed by atoms with Crippen LogP contribution in [0.2, 0.25) is 0 Å². The first-order valence-electron chi connectivity index (χ1n) is 6.32. The summed E-state index contributed by atoms with van der Waals surface area (Å²) >= 11 is 0. The molecule has 3 aromatic rings. The molecule has 0 amide bonds. The molecule has 0 spiro atoms. The zero-order valence-electron chi connectivity index (χ0n) is 11.0. The molecule has 0 radical (unpaired) electrons. The number of rotatable bonds is 4.